The summed E-state index contributed by atoms with van der Waals surface area (Å²) in [7, 11) is 1.53. The van der Waals surface area contributed by atoms with Gasteiger partial charge < -0.3 is 19.7 Å². The highest BCUT2D eigenvalue weighted by Gasteiger charge is 2.08. The molecule has 2 N–H and O–H groups in total. The largest absolute Gasteiger partial charge is 0.493 e. The molecule has 1 unspecified atom stereocenters. The van der Waals surface area contributed by atoms with Crippen molar-refractivity contribution in [2.24, 2.45) is 0 Å². The van der Waals surface area contributed by atoms with Crippen molar-refractivity contribution in [3.63, 3.8) is 0 Å². The Bertz CT molecular complexity index is 275. The lowest BCUT2D eigenvalue weighted by Crippen LogP contribution is -2.17. The van der Waals surface area contributed by atoms with Crippen LogP contribution in [0.4, 0.5) is 0 Å². The molecular weight excluding hydrogens is 184 g/mol. The maximum absolute atomic E-state index is 9.28. The summed E-state index contributed by atoms with van der Waals surface area (Å²) in [5.74, 6) is 1.03. The average Bonchev–Trinajstić information content (AvgIpc) is 2.19. The van der Waals surface area contributed by atoms with Gasteiger partial charge in [-0.15, -0.1) is 0 Å². The van der Waals surface area contributed by atoms with Gasteiger partial charge >= 0.3 is 0 Å². The summed E-state index contributed by atoms with van der Waals surface area (Å²) in [6, 6.07) is 7.02. The van der Waals surface area contributed by atoms with E-state index in [4.69, 9.17) is 14.6 Å². The fourth-order valence-corrected chi connectivity index (χ4v) is 1.03. The van der Waals surface area contributed by atoms with Crippen molar-refractivity contribution in [3.8, 4) is 11.5 Å². The Morgan fingerprint density at radius 3 is 2.50 bits per heavy atom. The summed E-state index contributed by atoms with van der Waals surface area (Å²) in [4.78, 5) is 0. The van der Waals surface area contributed by atoms with E-state index in [-0.39, 0.29) is 13.0 Å². The van der Waals surface area contributed by atoms with Crippen LogP contribution in [0.2, 0.25) is 0 Å². The highest BCUT2D eigenvalue weighted by molar-refractivity contribution is 5.39. The molecule has 0 fully saturated rings. The normalized spacial score (nSPS) is 12.2. The van der Waals surface area contributed by atoms with Crippen molar-refractivity contribution >= 4 is 0 Å². The highest BCUT2D eigenvalue weighted by Crippen LogP contribution is 2.26. The maximum Gasteiger partial charge on any atom is 0.199 e. The highest BCUT2D eigenvalue weighted by atomic mass is 16.6. The predicted molar refractivity (Wildman–Crippen MR) is 51.3 cm³/mol. The molecule has 0 radical (unpaired) electrons. The van der Waals surface area contributed by atoms with Crippen molar-refractivity contribution in [1.29, 1.82) is 0 Å². The van der Waals surface area contributed by atoms with E-state index in [1.54, 1.807) is 18.2 Å². The zero-order valence-electron chi connectivity index (χ0n) is 8.01. The molecule has 0 aromatic heterocycles. The van der Waals surface area contributed by atoms with Gasteiger partial charge in [0.25, 0.3) is 0 Å². The molecule has 1 rings (SSSR count). The Morgan fingerprint density at radius 2 is 1.93 bits per heavy atom. The number of aliphatic hydroxyl groups excluding tert-OH is 2. The van der Waals surface area contributed by atoms with E-state index in [2.05, 4.69) is 0 Å². The molecule has 14 heavy (non-hydrogen) atoms. The number of para-hydroxylation sites is 2. The van der Waals surface area contributed by atoms with Gasteiger partial charge in [-0.3, -0.25) is 0 Å². The van der Waals surface area contributed by atoms with E-state index in [0.717, 1.165) is 0 Å². The van der Waals surface area contributed by atoms with Crippen LogP contribution in [-0.2, 0) is 0 Å². The number of hydrogen-bond donors (Lipinski definition) is 2. The van der Waals surface area contributed by atoms with Crippen LogP contribution in [0.1, 0.15) is 6.42 Å². The fraction of sp³-hybridized carbons (Fsp3) is 0.400. The summed E-state index contributed by atoms with van der Waals surface area (Å²) in [5, 5.41) is 17.9. The third kappa shape index (κ3) is 2.90. The lowest BCUT2D eigenvalue weighted by molar-refractivity contribution is -0.0340. The Hall–Kier alpha value is -1.26. The fourth-order valence-electron chi connectivity index (χ4n) is 1.03. The molecular formula is C10H14O4. The molecule has 0 aliphatic carbocycles. The lowest BCUT2D eigenvalue weighted by Gasteiger charge is -2.14. The second-order valence-corrected chi connectivity index (χ2v) is 2.74. The minimum absolute atomic E-state index is 0.115. The Labute approximate surface area is 82.7 Å². The standard InChI is InChI=1S/C10H14O4/c1-13-8-4-2-3-5-9(8)14-10(12)6-7-11/h2-5,10-12H,6-7H2,1H3. The van der Waals surface area contributed by atoms with Crippen LogP contribution in [0.25, 0.3) is 0 Å². The van der Waals surface area contributed by atoms with Crippen LogP contribution < -0.4 is 9.47 Å². The van der Waals surface area contributed by atoms with E-state index in [1.165, 1.54) is 7.11 Å². The zero-order chi connectivity index (χ0) is 10.4. The number of methoxy groups -OCH3 is 1. The summed E-state index contributed by atoms with van der Waals surface area (Å²) in [6.45, 7) is -0.115. The smallest absolute Gasteiger partial charge is 0.199 e. The first kappa shape index (κ1) is 10.8. The molecule has 0 amide bonds. The van der Waals surface area contributed by atoms with Crippen LogP contribution in [-0.4, -0.2) is 30.2 Å². The number of rotatable bonds is 5. The van der Waals surface area contributed by atoms with Crippen molar-refractivity contribution in [3.05, 3.63) is 24.3 Å². The lowest BCUT2D eigenvalue weighted by atomic mass is 10.3. The van der Waals surface area contributed by atoms with E-state index in [1.807, 2.05) is 6.07 Å². The van der Waals surface area contributed by atoms with E-state index in [9.17, 15) is 5.11 Å². The zero-order valence-corrected chi connectivity index (χ0v) is 8.01. The van der Waals surface area contributed by atoms with Gasteiger partial charge in [0, 0.05) is 13.0 Å². The Morgan fingerprint density at radius 1 is 1.29 bits per heavy atom. The third-order valence-corrected chi connectivity index (χ3v) is 1.71. The van der Waals surface area contributed by atoms with E-state index in [0.29, 0.717) is 11.5 Å². The van der Waals surface area contributed by atoms with Gasteiger partial charge in [0.05, 0.1) is 7.11 Å². The van der Waals surface area contributed by atoms with Gasteiger partial charge in [-0.1, -0.05) is 12.1 Å². The molecule has 0 aliphatic heterocycles. The van der Waals surface area contributed by atoms with Gasteiger partial charge in [0.1, 0.15) is 0 Å². The Kier molecular flexibility index (Phi) is 4.22. The third-order valence-electron chi connectivity index (χ3n) is 1.71. The minimum Gasteiger partial charge on any atom is -0.493 e. The molecule has 4 heteroatoms. The van der Waals surface area contributed by atoms with E-state index >= 15 is 0 Å². The van der Waals surface area contributed by atoms with Gasteiger partial charge in [0.15, 0.2) is 17.8 Å². The topological polar surface area (TPSA) is 58.9 Å². The molecule has 78 valence electrons. The van der Waals surface area contributed by atoms with Crippen LogP contribution in [0.3, 0.4) is 0 Å². The summed E-state index contributed by atoms with van der Waals surface area (Å²) < 4.78 is 10.2. The first-order chi connectivity index (χ1) is 6.77. The minimum atomic E-state index is -1.00. The van der Waals surface area contributed by atoms with Crippen molar-refractivity contribution < 1.29 is 19.7 Å². The molecule has 0 spiro atoms. The van der Waals surface area contributed by atoms with Crippen molar-refractivity contribution in [2.45, 2.75) is 12.7 Å². The van der Waals surface area contributed by atoms with Gasteiger partial charge in [-0.2, -0.15) is 0 Å². The number of aliphatic hydroxyl groups is 2. The van der Waals surface area contributed by atoms with Gasteiger partial charge in [-0.25, -0.2) is 0 Å². The number of hydrogen-bond acceptors (Lipinski definition) is 4. The van der Waals surface area contributed by atoms with Crippen LogP contribution in [0.15, 0.2) is 24.3 Å². The first-order valence-corrected chi connectivity index (χ1v) is 4.36. The molecule has 0 heterocycles. The summed E-state index contributed by atoms with van der Waals surface area (Å²) in [5.41, 5.74) is 0. The van der Waals surface area contributed by atoms with Crippen LogP contribution in [0.5, 0.6) is 11.5 Å². The van der Waals surface area contributed by atoms with Crippen molar-refractivity contribution in [2.75, 3.05) is 13.7 Å². The molecule has 1 aromatic carbocycles. The predicted octanol–water partition coefficient (Wildman–Crippen LogP) is 0.775. The van der Waals surface area contributed by atoms with Crippen LogP contribution >= 0.6 is 0 Å². The molecule has 4 nitrogen and oxygen atoms in total. The summed E-state index contributed by atoms with van der Waals surface area (Å²) in [6.07, 6.45) is -0.825. The van der Waals surface area contributed by atoms with Crippen molar-refractivity contribution in [1.82, 2.24) is 0 Å². The number of benzene rings is 1. The SMILES string of the molecule is COc1ccccc1OC(O)CCO. The second kappa shape index (κ2) is 5.47. The molecule has 0 bridgehead atoms. The van der Waals surface area contributed by atoms with Gasteiger partial charge in [0.2, 0.25) is 0 Å². The Balaban J connectivity index is 2.65. The number of ether oxygens (including phenoxy) is 2. The summed E-state index contributed by atoms with van der Waals surface area (Å²) >= 11 is 0. The van der Waals surface area contributed by atoms with Crippen LogP contribution in [0, 0.1) is 0 Å². The molecule has 0 saturated carbocycles. The molecule has 1 aromatic rings. The molecule has 0 aliphatic rings. The molecule has 1 atom stereocenters. The average molecular weight is 198 g/mol. The van der Waals surface area contributed by atoms with E-state index < -0.39 is 6.29 Å². The second-order valence-electron chi connectivity index (χ2n) is 2.74. The maximum atomic E-state index is 9.28. The first-order valence-electron chi connectivity index (χ1n) is 4.36. The monoisotopic (exact) mass is 198 g/mol. The molecule has 0 saturated heterocycles. The van der Waals surface area contributed by atoms with Gasteiger partial charge in [-0.05, 0) is 12.1 Å². The quantitative estimate of drug-likeness (QED) is 0.686.